The van der Waals surface area contributed by atoms with Crippen LogP contribution in [0.5, 0.6) is 5.75 Å². The number of hydrogen-bond donors (Lipinski definition) is 1. The molecule has 4 heteroatoms. The van der Waals surface area contributed by atoms with Crippen LogP contribution in [0, 0.1) is 12.8 Å². The maximum atomic E-state index is 12.3. The molecule has 1 atom stereocenters. The minimum Gasteiger partial charge on any atom is -0.496 e. The predicted octanol–water partition coefficient (Wildman–Crippen LogP) is 2.79. The number of benzene rings is 1. The molecule has 112 valence electrons. The smallest absolute Gasteiger partial charge is 0.251 e. The lowest BCUT2D eigenvalue weighted by atomic mass is 10.0. The van der Waals surface area contributed by atoms with Crippen molar-refractivity contribution >= 4 is 5.91 Å². The molecule has 20 heavy (non-hydrogen) atoms. The van der Waals surface area contributed by atoms with Crippen LogP contribution < -0.4 is 10.1 Å². The van der Waals surface area contributed by atoms with E-state index in [1.54, 1.807) is 20.3 Å². The van der Waals surface area contributed by atoms with E-state index in [0.717, 1.165) is 17.7 Å². The van der Waals surface area contributed by atoms with E-state index in [-0.39, 0.29) is 11.9 Å². The first kappa shape index (κ1) is 16.5. The molecule has 0 fully saturated rings. The lowest BCUT2D eigenvalue weighted by Gasteiger charge is -2.20. The van der Waals surface area contributed by atoms with Gasteiger partial charge >= 0.3 is 0 Å². The number of ether oxygens (including phenoxy) is 2. The van der Waals surface area contributed by atoms with E-state index in [1.165, 1.54) is 0 Å². The van der Waals surface area contributed by atoms with Crippen LogP contribution in [-0.2, 0) is 4.74 Å². The molecule has 0 aliphatic rings. The summed E-state index contributed by atoms with van der Waals surface area (Å²) in [5, 5.41) is 3.03. The molecule has 1 N–H and O–H groups in total. The summed E-state index contributed by atoms with van der Waals surface area (Å²) in [4.78, 5) is 12.3. The molecule has 0 aliphatic carbocycles. The minimum atomic E-state index is -0.0709. The van der Waals surface area contributed by atoms with Crippen molar-refractivity contribution in [1.82, 2.24) is 5.32 Å². The van der Waals surface area contributed by atoms with Crippen molar-refractivity contribution in [3.8, 4) is 5.75 Å². The summed E-state index contributed by atoms with van der Waals surface area (Å²) in [6, 6.07) is 5.47. The van der Waals surface area contributed by atoms with Crippen molar-refractivity contribution in [2.75, 3.05) is 20.8 Å². The van der Waals surface area contributed by atoms with Crippen LogP contribution in [0.4, 0.5) is 0 Å². The number of aryl methyl sites for hydroxylation is 1. The van der Waals surface area contributed by atoms with E-state index in [9.17, 15) is 4.79 Å². The molecule has 0 aromatic heterocycles. The Bertz CT molecular complexity index is 443. The fourth-order valence-electron chi connectivity index (χ4n) is 2.23. The van der Waals surface area contributed by atoms with E-state index in [2.05, 4.69) is 19.2 Å². The van der Waals surface area contributed by atoms with Crippen molar-refractivity contribution < 1.29 is 14.3 Å². The number of rotatable bonds is 7. The first-order valence-corrected chi connectivity index (χ1v) is 6.92. The Morgan fingerprint density at radius 1 is 1.30 bits per heavy atom. The van der Waals surface area contributed by atoms with E-state index in [1.807, 2.05) is 19.1 Å². The van der Waals surface area contributed by atoms with E-state index >= 15 is 0 Å². The Morgan fingerprint density at radius 2 is 2.00 bits per heavy atom. The van der Waals surface area contributed by atoms with Crippen LogP contribution in [0.15, 0.2) is 18.2 Å². The summed E-state index contributed by atoms with van der Waals surface area (Å²) >= 11 is 0. The van der Waals surface area contributed by atoms with Gasteiger partial charge in [-0.05, 0) is 43.0 Å². The summed E-state index contributed by atoms with van der Waals surface area (Å²) in [6.45, 7) is 6.72. The van der Waals surface area contributed by atoms with Gasteiger partial charge in [0.05, 0.1) is 19.8 Å². The van der Waals surface area contributed by atoms with Gasteiger partial charge in [0.15, 0.2) is 0 Å². The Labute approximate surface area is 121 Å². The van der Waals surface area contributed by atoms with E-state index in [4.69, 9.17) is 9.47 Å². The van der Waals surface area contributed by atoms with Crippen LogP contribution in [0.3, 0.4) is 0 Å². The second-order valence-electron chi connectivity index (χ2n) is 5.44. The summed E-state index contributed by atoms with van der Waals surface area (Å²) < 4.78 is 10.4. The minimum absolute atomic E-state index is 0.0370. The molecule has 0 saturated heterocycles. The van der Waals surface area contributed by atoms with Crippen molar-refractivity contribution in [2.45, 2.75) is 33.2 Å². The number of methoxy groups -OCH3 is 2. The number of carbonyl (C=O) groups excluding carboxylic acids is 1. The number of hydrogen-bond acceptors (Lipinski definition) is 3. The standard InChI is InChI=1S/C16H25NO3/c1-11(2)8-14(10-19-4)17-16(18)13-6-7-15(20-5)12(3)9-13/h6-7,9,11,14H,8,10H2,1-5H3,(H,17,18)/t14-/m1/s1. The maximum Gasteiger partial charge on any atom is 0.251 e. The zero-order valence-electron chi connectivity index (χ0n) is 13.0. The molecular formula is C16H25NO3. The van der Waals surface area contributed by atoms with Crippen molar-refractivity contribution in [2.24, 2.45) is 5.92 Å². The van der Waals surface area contributed by atoms with Gasteiger partial charge < -0.3 is 14.8 Å². The topological polar surface area (TPSA) is 47.6 Å². The molecule has 4 nitrogen and oxygen atoms in total. The first-order valence-electron chi connectivity index (χ1n) is 6.92. The van der Waals surface area contributed by atoms with E-state index < -0.39 is 0 Å². The molecule has 0 saturated carbocycles. The van der Waals surface area contributed by atoms with Crippen LogP contribution in [-0.4, -0.2) is 32.8 Å². The number of nitrogens with one attached hydrogen (secondary N) is 1. The predicted molar refractivity (Wildman–Crippen MR) is 80.3 cm³/mol. The van der Waals surface area contributed by atoms with Crippen LogP contribution in [0.1, 0.15) is 36.2 Å². The molecule has 1 aromatic rings. The normalized spacial score (nSPS) is 12.3. The maximum absolute atomic E-state index is 12.3. The quantitative estimate of drug-likeness (QED) is 0.835. The molecular weight excluding hydrogens is 254 g/mol. The Kier molecular flexibility index (Phi) is 6.52. The summed E-state index contributed by atoms with van der Waals surface area (Å²) in [5.41, 5.74) is 1.60. The summed E-state index contributed by atoms with van der Waals surface area (Å²) in [6.07, 6.45) is 0.898. The molecule has 1 aromatic carbocycles. The third kappa shape index (κ3) is 4.85. The van der Waals surface area contributed by atoms with Crippen LogP contribution >= 0.6 is 0 Å². The van der Waals surface area contributed by atoms with Gasteiger partial charge in [0, 0.05) is 12.7 Å². The monoisotopic (exact) mass is 279 g/mol. The van der Waals surface area contributed by atoms with Gasteiger partial charge in [-0.3, -0.25) is 4.79 Å². The van der Waals surface area contributed by atoms with Gasteiger partial charge in [-0.25, -0.2) is 0 Å². The zero-order chi connectivity index (χ0) is 15.1. The molecule has 0 aliphatic heterocycles. The first-order chi connectivity index (χ1) is 9.47. The SMILES string of the molecule is COC[C@@H](CC(C)C)NC(=O)c1ccc(OC)c(C)c1. The van der Waals surface area contributed by atoms with Crippen molar-refractivity contribution in [3.05, 3.63) is 29.3 Å². The highest BCUT2D eigenvalue weighted by Gasteiger charge is 2.15. The highest BCUT2D eigenvalue weighted by Crippen LogP contribution is 2.18. The number of carbonyl (C=O) groups is 1. The summed E-state index contributed by atoms with van der Waals surface area (Å²) in [5.74, 6) is 1.23. The molecule has 1 amide bonds. The highest BCUT2D eigenvalue weighted by atomic mass is 16.5. The molecule has 1 rings (SSSR count). The molecule has 0 heterocycles. The van der Waals surface area contributed by atoms with Crippen LogP contribution in [0.25, 0.3) is 0 Å². The molecule has 0 spiro atoms. The fourth-order valence-corrected chi connectivity index (χ4v) is 2.23. The van der Waals surface area contributed by atoms with Crippen molar-refractivity contribution in [3.63, 3.8) is 0 Å². The second kappa shape index (κ2) is 7.90. The zero-order valence-corrected chi connectivity index (χ0v) is 13.0. The summed E-state index contributed by atoms with van der Waals surface area (Å²) in [7, 11) is 3.27. The van der Waals surface area contributed by atoms with Gasteiger partial charge in [-0.2, -0.15) is 0 Å². The molecule has 0 bridgehead atoms. The molecule has 0 unspecified atom stereocenters. The van der Waals surface area contributed by atoms with Gasteiger partial charge in [-0.15, -0.1) is 0 Å². The highest BCUT2D eigenvalue weighted by molar-refractivity contribution is 5.94. The van der Waals surface area contributed by atoms with Gasteiger partial charge in [0.1, 0.15) is 5.75 Å². The Hall–Kier alpha value is -1.55. The fraction of sp³-hybridized carbons (Fsp3) is 0.562. The van der Waals surface area contributed by atoms with E-state index in [0.29, 0.717) is 18.1 Å². The third-order valence-corrected chi connectivity index (χ3v) is 3.12. The lowest BCUT2D eigenvalue weighted by Crippen LogP contribution is -2.39. The van der Waals surface area contributed by atoms with Gasteiger partial charge in [0.25, 0.3) is 5.91 Å². The lowest BCUT2D eigenvalue weighted by molar-refractivity contribution is 0.0884. The van der Waals surface area contributed by atoms with Crippen LogP contribution in [0.2, 0.25) is 0 Å². The largest absolute Gasteiger partial charge is 0.496 e. The Balaban J connectivity index is 2.75. The average Bonchev–Trinajstić information content (AvgIpc) is 2.38. The average molecular weight is 279 g/mol. The Morgan fingerprint density at radius 3 is 2.50 bits per heavy atom. The van der Waals surface area contributed by atoms with Crippen molar-refractivity contribution in [1.29, 1.82) is 0 Å². The molecule has 0 radical (unpaired) electrons. The van der Waals surface area contributed by atoms with Gasteiger partial charge in [0.2, 0.25) is 0 Å². The number of amides is 1. The van der Waals surface area contributed by atoms with Gasteiger partial charge in [-0.1, -0.05) is 13.8 Å². The second-order valence-corrected chi connectivity index (χ2v) is 5.44. The third-order valence-electron chi connectivity index (χ3n) is 3.12.